The van der Waals surface area contributed by atoms with Crippen LogP contribution >= 0.6 is 0 Å². The molecule has 0 amide bonds. The van der Waals surface area contributed by atoms with Gasteiger partial charge >= 0.3 is 0 Å². The van der Waals surface area contributed by atoms with Crippen molar-refractivity contribution < 1.29 is 4.42 Å². The van der Waals surface area contributed by atoms with E-state index in [0.717, 1.165) is 77.8 Å². The van der Waals surface area contributed by atoms with Crippen molar-refractivity contribution in [2.75, 3.05) is 4.90 Å². The van der Waals surface area contributed by atoms with Crippen LogP contribution in [0.4, 0.5) is 17.1 Å². The number of para-hydroxylation sites is 5. The molecule has 12 aromatic rings. The highest BCUT2D eigenvalue weighted by Crippen LogP contribution is 2.52. The highest BCUT2D eigenvalue weighted by molar-refractivity contribution is 6.14. The lowest BCUT2D eigenvalue weighted by atomic mass is 9.80. The van der Waals surface area contributed by atoms with E-state index in [-0.39, 0.29) is 5.41 Å². The maximum atomic E-state index is 6.37. The molecule has 9 aromatic carbocycles. The van der Waals surface area contributed by atoms with Gasteiger partial charge in [0.1, 0.15) is 11.2 Å². The minimum atomic E-state index is -0.277. The maximum Gasteiger partial charge on any atom is 0.166 e. The van der Waals surface area contributed by atoms with Crippen LogP contribution < -0.4 is 4.90 Å². The SMILES string of the molecule is CC1(C)c2ccccc2-c2cccc(-c3nc(-c4ccc(N(c5ccccc5)c5cccc6oc7ccccc7c56)cc4)nc(-c4cccc5c6ccccc6n(-c6ccccc6)c45)n3)c21. The summed E-state index contributed by atoms with van der Waals surface area (Å²) in [5.74, 6) is 1.85. The third-order valence-electron chi connectivity index (χ3n) is 13.4. The van der Waals surface area contributed by atoms with Crippen molar-refractivity contribution in [3.05, 3.63) is 223 Å². The van der Waals surface area contributed by atoms with Gasteiger partial charge in [-0.1, -0.05) is 147 Å². The van der Waals surface area contributed by atoms with Crippen LogP contribution in [0.2, 0.25) is 0 Å². The summed E-state index contributed by atoms with van der Waals surface area (Å²) >= 11 is 0. The van der Waals surface area contributed by atoms with Crippen molar-refractivity contribution in [3.8, 4) is 51.0 Å². The molecule has 0 bridgehead atoms. The number of hydrogen-bond donors (Lipinski definition) is 0. The Bertz CT molecular complexity index is 3850. The highest BCUT2D eigenvalue weighted by atomic mass is 16.3. The van der Waals surface area contributed by atoms with Crippen LogP contribution in [0.1, 0.15) is 25.0 Å². The summed E-state index contributed by atoms with van der Waals surface area (Å²) in [5.41, 5.74) is 15.6. The van der Waals surface area contributed by atoms with Gasteiger partial charge in [-0.15, -0.1) is 0 Å². The van der Waals surface area contributed by atoms with E-state index in [2.05, 4.69) is 217 Å². The molecule has 6 heteroatoms. The van der Waals surface area contributed by atoms with E-state index in [1.54, 1.807) is 0 Å². The van der Waals surface area contributed by atoms with Crippen LogP contribution in [-0.4, -0.2) is 19.5 Å². The first-order valence-corrected chi connectivity index (χ1v) is 22.4. The smallest absolute Gasteiger partial charge is 0.166 e. The Kier molecular flexibility index (Phi) is 8.46. The molecular weight excluding hydrogens is 807 g/mol. The Morgan fingerprint density at radius 3 is 1.85 bits per heavy atom. The van der Waals surface area contributed by atoms with E-state index in [1.165, 1.54) is 27.6 Å². The zero-order chi connectivity index (χ0) is 43.9. The summed E-state index contributed by atoms with van der Waals surface area (Å²) in [6.07, 6.45) is 0. The van der Waals surface area contributed by atoms with Gasteiger partial charge in [0.25, 0.3) is 0 Å². The minimum absolute atomic E-state index is 0.277. The van der Waals surface area contributed by atoms with Crippen LogP contribution in [0.5, 0.6) is 0 Å². The van der Waals surface area contributed by atoms with Crippen molar-refractivity contribution in [2.24, 2.45) is 0 Å². The van der Waals surface area contributed by atoms with Crippen molar-refractivity contribution in [3.63, 3.8) is 0 Å². The molecule has 0 saturated carbocycles. The number of fused-ring (bicyclic) bond motifs is 9. The van der Waals surface area contributed by atoms with E-state index in [1.807, 2.05) is 18.2 Å². The lowest BCUT2D eigenvalue weighted by Gasteiger charge is -2.26. The fraction of sp³-hybridized carbons (Fsp3) is 0.0500. The molecule has 0 unspecified atom stereocenters. The first-order chi connectivity index (χ1) is 32.5. The largest absolute Gasteiger partial charge is 0.456 e. The summed E-state index contributed by atoms with van der Waals surface area (Å²) in [5, 5.41) is 4.45. The molecule has 0 fully saturated rings. The molecular formula is C60H41N5O. The van der Waals surface area contributed by atoms with Crippen molar-refractivity contribution >= 4 is 60.8 Å². The van der Waals surface area contributed by atoms with Crippen LogP contribution in [0.25, 0.3) is 94.7 Å². The Balaban J connectivity index is 1.03. The van der Waals surface area contributed by atoms with Crippen LogP contribution in [-0.2, 0) is 5.41 Å². The van der Waals surface area contributed by atoms with Crippen molar-refractivity contribution in [1.82, 2.24) is 19.5 Å². The fourth-order valence-electron chi connectivity index (χ4n) is 10.5. The molecule has 312 valence electrons. The van der Waals surface area contributed by atoms with E-state index in [9.17, 15) is 0 Å². The zero-order valence-electron chi connectivity index (χ0n) is 36.4. The first-order valence-electron chi connectivity index (χ1n) is 22.4. The molecule has 0 radical (unpaired) electrons. The molecule has 0 atom stereocenters. The van der Waals surface area contributed by atoms with Crippen LogP contribution in [0, 0.1) is 0 Å². The van der Waals surface area contributed by atoms with Gasteiger partial charge < -0.3 is 13.9 Å². The summed E-state index contributed by atoms with van der Waals surface area (Å²) in [6.45, 7) is 4.63. The molecule has 0 saturated heterocycles. The maximum absolute atomic E-state index is 6.37. The van der Waals surface area contributed by atoms with Gasteiger partial charge in [0.2, 0.25) is 0 Å². The van der Waals surface area contributed by atoms with Gasteiger partial charge in [-0.2, -0.15) is 0 Å². The molecule has 0 N–H and O–H groups in total. The topological polar surface area (TPSA) is 60.0 Å². The number of hydrogen-bond acceptors (Lipinski definition) is 5. The fourth-order valence-corrected chi connectivity index (χ4v) is 10.5. The molecule has 1 aliphatic carbocycles. The second-order valence-corrected chi connectivity index (χ2v) is 17.6. The molecule has 3 aromatic heterocycles. The molecule has 0 aliphatic heterocycles. The number of anilines is 3. The lowest BCUT2D eigenvalue weighted by molar-refractivity contribution is 0.661. The van der Waals surface area contributed by atoms with Gasteiger partial charge in [-0.3, -0.25) is 0 Å². The van der Waals surface area contributed by atoms with E-state index >= 15 is 0 Å². The van der Waals surface area contributed by atoms with Gasteiger partial charge in [0.05, 0.1) is 22.1 Å². The monoisotopic (exact) mass is 847 g/mol. The summed E-state index contributed by atoms with van der Waals surface area (Å²) in [7, 11) is 0. The minimum Gasteiger partial charge on any atom is -0.456 e. The number of benzene rings is 9. The second-order valence-electron chi connectivity index (χ2n) is 17.6. The number of furan rings is 1. The molecule has 6 nitrogen and oxygen atoms in total. The normalized spacial score (nSPS) is 12.8. The Labute approximate surface area is 381 Å². The summed E-state index contributed by atoms with van der Waals surface area (Å²) in [6, 6.07) is 74.6. The van der Waals surface area contributed by atoms with Gasteiger partial charge in [0, 0.05) is 55.3 Å². The number of rotatable bonds is 7. The molecule has 3 heterocycles. The first kappa shape index (κ1) is 37.9. The molecule has 13 rings (SSSR count). The predicted octanol–water partition coefficient (Wildman–Crippen LogP) is 15.6. The highest BCUT2D eigenvalue weighted by Gasteiger charge is 2.38. The van der Waals surface area contributed by atoms with E-state index < -0.39 is 0 Å². The summed E-state index contributed by atoms with van der Waals surface area (Å²) in [4.78, 5) is 18.6. The quantitative estimate of drug-likeness (QED) is 0.160. The molecule has 66 heavy (non-hydrogen) atoms. The van der Waals surface area contributed by atoms with Crippen molar-refractivity contribution in [2.45, 2.75) is 19.3 Å². The van der Waals surface area contributed by atoms with Crippen molar-refractivity contribution in [1.29, 1.82) is 0 Å². The average molecular weight is 848 g/mol. The third-order valence-corrected chi connectivity index (χ3v) is 13.4. The van der Waals surface area contributed by atoms with E-state index in [4.69, 9.17) is 19.4 Å². The van der Waals surface area contributed by atoms with Crippen LogP contribution in [0.15, 0.2) is 217 Å². The Hall–Kier alpha value is -8.61. The third kappa shape index (κ3) is 5.78. The average Bonchev–Trinajstić information content (AvgIpc) is 4.01. The summed E-state index contributed by atoms with van der Waals surface area (Å²) < 4.78 is 8.72. The van der Waals surface area contributed by atoms with E-state index in [0.29, 0.717) is 17.5 Å². The van der Waals surface area contributed by atoms with Crippen LogP contribution in [0.3, 0.4) is 0 Å². The Morgan fingerprint density at radius 2 is 1.02 bits per heavy atom. The second kappa shape index (κ2) is 14.7. The van der Waals surface area contributed by atoms with Gasteiger partial charge in [-0.25, -0.2) is 15.0 Å². The lowest BCUT2D eigenvalue weighted by Crippen LogP contribution is -2.17. The van der Waals surface area contributed by atoms with Gasteiger partial charge in [-0.05, 0) is 101 Å². The standard InChI is InChI=1S/C60H41N5O/c1-60(2)49-29-12-9-22-42(49)44-25-15-27-47(55(44)60)58-61-57(62-59(63-58)48-28-16-26-45-43-23-10-13-30-50(43)65(56(45)48)40-20-7-4-8-21-40)38-34-36-41(37-35-38)64(39-18-5-3-6-19-39)51-31-17-33-53-54(51)46-24-11-14-32-52(46)66-53/h3-37H,1-2H3. The Morgan fingerprint density at radius 1 is 0.439 bits per heavy atom. The predicted molar refractivity (Wildman–Crippen MR) is 270 cm³/mol. The zero-order valence-corrected chi connectivity index (χ0v) is 36.4. The number of aromatic nitrogens is 4. The van der Waals surface area contributed by atoms with Gasteiger partial charge in [0.15, 0.2) is 17.5 Å². The molecule has 0 spiro atoms. The molecule has 1 aliphatic rings. The number of nitrogens with zero attached hydrogens (tertiary/aromatic N) is 5.